The molecule has 1 aromatic carbocycles. The smallest absolute Gasteiger partial charge is 0.338 e. The van der Waals surface area contributed by atoms with Crippen molar-refractivity contribution in [1.82, 2.24) is 0 Å². The second-order valence-electron chi connectivity index (χ2n) is 4.82. The van der Waals surface area contributed by atoms with Gasteiger partial charge in [0, 0.05) is 6.54 Å². The summed E-state index contributed by atoms with van der Waals surface area (Å²) in [5.41, 5.74) is 4.67. The van der Waals surface area contributed by atoms with Crippen molar-refractivity contribution in [2.75, 3.05) is 17.6 Å². The van der Waals surface area contributed by atoms with E-state index in [-0.39, 0.29) is 17.9 Å². The Bertz CT molecular complexity index is 475. The van der Waals surface area contributed by atoms with Gasteiger partial charge < -0.3 is 21.3 Å². The lowest BCUT2D eigenvalue weighted by molar-refractivity contribution is 0.0635. The lowest BCUT2D eigenvalue weighted by Gasteiger charge is -2.24. The van der Waals surface area contributed by atoms with Crippen molar-refractivity contribution in [2.24, 2.45) is 0 Å². The number of carbonyl (C=O) groups is 1. The summed E-state index contributed by atoms with van der Waals surface area (Å²) in [7, 11) is 0. The first-order valence-electron chi connectivity index (χ1n) is 6.05. The van der Waals surface area contributed by atoms with Gasteiger partial charge in [-0.1, -0.05) is 13.3 Å². The molecule has 0 saturated heterocycles. The molecule has 1 aromatic rings. The van der Waals surface area contributed by atoms with Gasteiger partial charge in [-0.15, -0.1) is 0 Å². The summed E-state index contributed by atoms with van der Waals surface area (Å²) in [6.07, 6.45) is 1.41. The van der Waals surface area contributed by atoms with Crippen molar-refractivity contribution in [3.05, 3.63) is 23.5 Å². The molecule has 0 saturated carbocycles. The molecule has 1 atom stereocenters. The highest BCUT2D eigenvalue weighted by Gasteiger charge is 2.20. The largest absolute Gasteiger partial charge is 0.478 e. The molecule has 0 fully saturated rings. The maximum absolute atomic E-state index is 13.5. The summed E-state index contributed by atoms with van der Waals surface area (Å²) in [4.78, 5) is 10.7. The predicted molar refractivity (Wildman–Crippen MR) is 71.8 cm³/mol. The van der Waals surface area contributed by atoms with Gasteiger partial charge in [-0.3, -0.25) is 0 Å². The van der Waals surface area contributed by atoms with E-state index in [9.17, 15) is 14.3 Å². The Hall–Kier alpha value is -1.82. The molecule has 0 aliphatic heterocycles. The van der Waals surface area contributed by atoms with E-state index in [1.807, 2.05) is 6.92 Å². The second kappa shape index (κ2) is 5.88. The van der Waals surface area contributed by atoms with Crippen LogP contribution < -0.4 is 11.1 Å². The molecular weight excluding hydrogens is 251 g/mol. The first-order valence-corrected chi connectivity index (χ1v) is 6.05. The SMILES string of the molecule is CCCC(C)(O)CNc1cc(F)c(C(=O)O)cc1N. The Kier molecular flexibility index (Phi) is 4.72. The maximum Gasteiger partial charge on any atom is 0.338 e. The average molecular weight is 270 g/mol. The zero-order valence-electron chi connectivity index (χ0n) is 11.0. The van der Waals surface area contributed by atoms with E-state index in [0.717, 1.165) is 18.6 Å². The second-order valence-corrected chi connectivity index (χ2v) is 4.82. The molecule has 1 rings (SSSR count). The van der Waals surface area contributed by atoms with E-state index in [4.69, 9.17) is 10.8 Å². The monoisotopic (exact) mass is 270 g/mol. The molecule has 0 heterocycles. The third-order valence-corrected chi connectivity index (χ3v) is 2.82. The molecule has 0 spiro atoms. The van der Waals surface area contributed by atoms with Crippen LogP contribution in [0.4, 0.5) is 15.8 Å². The number of nitrogens with one attached hydrogen (secondary N) is 1. The predicted octanol–water partition coefficient (Wildman–Crippen LogP) is 2.07. The minimum atomic E-state index is -1.37. The van der Waals surface area contributed by atoms with Crippen molar-refractivity contribution < 1.29 is 19.4 Å². The number of hydrogen-bond donors (Lipinski definition) is 4. The van der Waals surface area contributed by atoms with Gasteiger partial charge in [0.1, 0.15) is 5.82 Å². The van der Waals surface area contributed by atoms with Crippen molar-refractivity contribution in [1.29, 1.82) is 0 Å². The molecule has 6 heteroatoms. The lowest BCUT2D eigenvalue weighted by atomic mass is 10.0. The zero-order valence-corrected chi connectivity index (χ0v) is 11.0. The lowest BCUT2D eigenvalue weighted by Crippen LogP contribution is -2.33. The number of nitrogens with two attached hydrogens (primary N) is 1. The van der Waals surface area contributed by atoms with E-state index in [0.29, 0.717) is 6.42 Å². The van der Waals surface area contributed by atoms with Gasteiger partial charge in [0.15, 0.2) is 0 Å². The van der Waals surface area contributed by atoms with Crippen LogP contribution in [0.2, 0.25) is 0 Å². The van der Waals surface area contributed by atoms with Crippen molar-refractivity contribution in [2.45, 2.75) is 32.3 Å². The van der Waals surface area contributed by atoms with Gasteiger partial charge in [-0.25, -0.2) is 9.18 Å². The summed E-state index contributed by atoms with van der Waals surface area (Å²) in [6, 6.07) is 2.09. The number of benzene rings is 1. The standard InChI is InChI=1S/C13H19FN2O3/c1-3-4-13(2,19)7-16-11-6-9(14)8(12(17)18)5-10(11)15/h5-6,16,19H,3-4,7,15H2,1-2H3,(H,17,18). The molecule has 0 amide bonds. The molecule has 0 aromatic heterocycles. The van der Waals surface area contributed by atoms with Crippen molar-refractivity contribution in [3.8, 4) is 0 Å². The molecule has 1 unspecified atom stereocenters. The quantitative estimate of drug-likeness (QED) is 0.593. The van der Waals surface area contributed by atoms with E-state index >= 15 is 0 Å². The molecule has 106 valence electrons. The fourth-order valence-electron chi connectivity index (χ4n) is 1.82. The van der Waals surface area contributed by atoms with Gasteiger partial charge in [0.25, 0.3) is 0 Å². The molecule has 0 radical (unpaired) electrons. The van der Waals surface area contributed by atoms with Crippen molar-refractivity contribution >= 4 is 17.3 Å². The van der Waals surface area contributed by atoms with E-state index < -0.39 is 23.0 Å². The number of carboxylic acid groups (broad SMARTS) is 1. The Morgan fingerprint density at radius 2 is 2.16 bits per heavy atom. The van der Waals surface area contributed by atoms with Crippen LogP contribution in [-0.2, 0) is 0 Å². The van der Waals surface area contributed by atoms with Gasteiger partial charge in [0.05, 0.1) is 22.5 Å². The average Bonchev–Trinajstić information content (AvgIpc) is 2.29. The molecule has 5 N–H and O–H groups in total. The van der Waals surface area contributed by atoms with E-state index in [1.54, 1.807) is 6.92 Å². The minimum absolute atomic E-state index is 0.131. The van der Waals surface area contributed by atoms with Gasteiger partial charge in [-0.2, -0.15) is 0 Å². The fourth-order valence-corrected chi connectivity index (χ4v) is 1.82. The highest BCUT2D eigenvalue weighted by Crippen LogP contribution is 2.24. The molecule has 0 aliphatic rings. The first kappa shape index (κ1) is 15.2. The Labute approximate surface area is 111 Å². The summed E-state index contributed by atoms with van der Waals surface area (Å²) >= 11 is 0. The van der Waals surface area contributed by atoms with Crippen molar-refractivity contribution in [3.63, 3.8) is 0 Å². The van der Waals surface area contributed by atoms with Crippen LogP contribution in [0.15, 0.2) is 12.1 Å². The van der Waals surface area contributed by atoms with Gasteiger partial charge in [-0.05, 0) is 25.5 Å². The number of aliphatic hydroxyl groups is 1. The summed E-state index contributed by atoms with van der Waals surface area (Å²) in [5, 5.41) is 21.6. The third kappa shape index (κ3) is 4.10. The summed E-state index contributed by atoms with van der Waals surface area (Å²) in [5.74, 6) is -2.23. The zero-order chi connectivity index (χ0) is 14.6. The van der Waals surface area contributed by atoms with Crippen LogP contribution in [0.5, 0.6) is 0 Å². The number of anilines is 2. The number of carboxylic acids is 1. The highest BCUT2D eigenvalue weighted by molar-refractivity contribution is 5.90. The minimum Gasteiger partial charge on any atom is -0.478 e. The number of rotatable bonds is 6. The molecule has 5 nitrogen and oxygen atoms in total. The number of aromatic carboxylic acids is 1. The molecule has 19 heavy (non-hydrogen) atoms. The first-order chi connectivity index (χ1) is 8.76. The highest BCUT2D eigenvalue weighted by atomic mass is 19.1. The summed E-state index contributed by atoms with van der Waals surface area (Å²) in [6.45, 7) is 3.82. The van der Waals surface area contributed by atoms with Crippen LogP contribution in [0.25, 0.3) is 0 Å². The van der Waals surface area contributed by atoms with E-state index in [1.165, 1.54) is 0 Å². The van der Waals surface area contributed by atoms with Crippen LogP contribution in [0.3, 0.4) is 0 Å². The Morgan fingerprint density at radius 3 is 2.68 bits per heavy atom. The topological polar surface area (TPSA) is 95.6 Å². The number of nitrogen functional groups attached to an aromatic ring is 1. The van der Waals surface area contributed by atoms with Gasteiger partial charge in [0.2, 0.25) is 0 Å². The molecular formula is C13H19FN2O3. The van der Waals surface area contributed by atoms with Crippen LogP contribution in [-0.4, -0.2) is 28.3 Å². The maximum atomic E-state index is 13.5. The third-order valence-electron chi connectivity index (χ3n) is 2.82. The van der Waals surface area contributed by atoms with Crippen LogP contribution >= 0.6 is 0 Å². The Balaban J connectivity index is 2.86. The van der Waals surface area contributed by atoms with Crippen LogP contribution in [0.1, 0.15) is 37.0 Å². The Morgan fingerprint density at radius 1 is 1.53 bits per heavy atom. The van der Waals surface area contributed by atoms with Crippen LogP contribution in [0, 0.1) is 5.82 Å². The van der Waals surface area contributed by atoms with Gasteiger partial charge >= 0.3 is 5.97 Å². The molecule has 0 aliphatic carbocycles. The number of halogens is 1. The normalized spacial score (nSPS) is 13.9. The number of hydrogen-bond acceptors (Lipinski definition) is 4. The molecule has 0 bridgehead atoms. The fraction of sp³-hybridized carbons (Fsp3) is 0.462. The summed E-state index contributed by atoms with van der Waals surface area (Å²) < 4.78 is 13.5. The van der Waals surface area contributed by atoms with E-state index in [2.05, 4.69) is 5.32 Å².